The number of non-ortho nitro benzene ring substituents is 1. The Morgan fingerprint density at radius 3 is 2.84 bits per heavy atom. The van der Waals surface area contributed by atoms with Crippen LogP contribution in [0.25, 0.3) is 0 Å². The number of nitrogens with zero attached hydrogens (tertiary/aromatic N) is 2. The molecule has 0 saturated carbocycles. The summed E-state index contributed by atoms with van der Waals surface area (Å²) in [7, 11) is 1.54. The number of benzene rings is 2. The van der Waals surface area contributed by atoms with Gasteiger partial charge in [-0.3, -0.25) is 14.9 Å². The SMILES string of the molecule is COc1ccccc1NCC(=O)NN=Cc1cc([N+](=O)[O-])ccc1Cl. The van der Waals surface area contributed by atoms with E-state index in [1.807, 2.05) is 12.1 Å². The largest absolute Gasteiger partial charge is 0.495 e. The molecule has 2 N–H and O–H groups in total. The number of rotatable bonds is 7. The zero-order chi connectivity index (χ0) is 18.2. The van der Waals surface area contributed by atoms with Gasteiger partial charge in [-0.05, 0) is 18.2 Å². The monoisotopic (exact) mass is 362 g/mol. The van der Waals surface area contributed by atoms with Gasteiger partial charge in [0.05, 0.1) is 30.5 Å². The molecule has 0 aliphatic heterocycles. The van der Waals surface area contributed by atoms with Crippen molar-refractivity contribution in [3.8, 4) is 5.75 Å². The molecule has 0 atom stereocenters. The van der Waals surface area contributed by atoms with Crippen LogP contribution in [0.15, 0.2) is 47.6 Å². The van der Waals surface area contributed by atoms with Crippen molar-refractivity contribution < 1.29 is 14.5 Å². The van der Waals surface area contributed by atoms with E-state index in [0.717, 1.165) is 0 Å². The molecule has 8 nitrogen and oxygen atoms in total. The van der Waals surface area contributed by atoms with Gasteiger partial charge in [0.2, 0.25) is 0 Å². The van der Waals surface area contributed by atoms with Crippen molar-refractivity contribution in [1.29, 1.82) is 0 Å². The highest BCUT2D eigenvalue weighted by atomic mass is 35.5. The van der Waals surface area contributed by atoms with Crippen LogP contribution < -0.4 is 15.5 Å². The zero-order valence-corrected chi connectivity index (χ0v) is 14.0. The molecule has 1 amide bonds. The molecule has 0 aromatic heterocycles. The van der Waals surface area contributed by atoms with E-state index in [1.165, 1.54) is 31.5 Å². The van der Waals surface area contributed by atoms with Crippen LogP contribution in [0, 0.1) is 10.1 Å². The topological polar surface area (TPSA) is 106 Å². The van der Waals surface area contributed by atoms with Crippen molar-refractivity contribution in [3.63, 3.8) is 0 Å². The molecule has 0 saturated heterocycles. The maximum absolute atomic E-state index is 11.8. The second-order valence-corrected chi connectivity index (χ2v) is 5.22. The maximum atomic E-state index is 11.8. The van der Waals surface area contributed by atoms with Crippen molar-refractivity contribution >= 4 is 35.1 Å². The van der Waals surface area contributed by atoms with Gasteiger partial charge in [0.15, 0.2) is 0 Å². The Morgan fingerprint density at radius 2 is 2.12 bits per heavy atom. The summed E-state index contributed by atoms with van der Waals surface area (Å²) in [5.74, 6) is 0.214. The van der Waals surface area contributed by atoms with E-state index in [1.54, 1.807) is 12.1 Å². The Bertz CT molecular complexity index is 810. The van der Waals surface area contributed by atoms with E-state index < -0.39 is 10.8 Å². The lowest BCUT2D eigenvalue weighted by atomic mass is 10.2. The van der Waals surface area contributed by atoms with E-state index in [0.29, 0.717) is 17.0 Å². The number of methoxy groups -OCH3 is 1. The summed E-state index contributed by atoms with van der Waals surface area (Å²) in [4.78, 5) is 22.0. The Balaban J connectivity index is 1.92. The number of ether oxygens (including phenoxy) is 1. The Kier molecular flexibility index (Phi) is 6.30. The summed E-state index contributed by atoms with van der Waals surface area (Å²) in [5, 5.41) is 17.7. The third kappa shape index (κ3) is 5.18. The average molecular weight is 363 g/mol. The summed E-state index contributed by atoms with van der Waals surface area (Å²) in [5.41, 5.74) is 3.20. The van der Waals surface area contributed by atoms with Crippen molar-refractivity contribution in [3.05, 3.63) is 63.2 Å². The molecule has 2 aromatic carbocycles. The maximum Gasteiger partial charge on any atom is 0.270 e. The van der Waals surface area contributed by atoms with Crippen molar-refractivity contribution in [1.82, 2.24) is 5.43 Å². The lowest BCUT2D eigenvalue weighted by Crippen LogP contribution is -2.26. The molecule has 2 aromatic rings. The molecule has 0 heterocycles. The van der Waals surface area contributed by atoms with Crippen LogP contribution in [-0.4, -0.2) is 30.7 Å². The minimum Gasteiger partial charge on any atom is -0.495 e. The molecule has 2 rings (SSSR count). The number of para-hydroxylation sites is 2. The number of hydrogen-bond acceptors (Lipinski definition) is 6. The van der Waals surface area contributed by atoms with Gasteiger partial charge in [-0.25, -0.2) is 5.43 Å². The molecule has 0 unspecified atom stereocenters. The first-order valence-corrected chi connectivity index (χ1v) is 7.52. The first-order chi connectivity index (χ1) is 12.0. The number of anilines is 1. The van der Waals surface area contributed by atoms with E-state index >= 15 is 0 Å². The number of nitro groups is 1. The quantitative estimate of drug-likeness (QED) is 0.447. The fourth-order valence-electron chi connectivity index (χ4n) is 1.92. The van der Waals surface area contributed by atoms with Crippen LogP contribution in [0.4, 0.5) is 11.4 Å². The predicted octanol–water partition coefficient (Wildman–Crippen LogP) is 2.82. The second-order valence-electron chi connectivity index (χ2n) is 4.81. The lowest BCUT2D eigenvalue weighted by molar-refractivity contribution is -0.384. The van der Waals surface area contributed by atoms with E-state index in [9.17, 15) is 14.9 Å². The molecule has 0 fully saturated rings. The summed E-state index contributed by atoms with van der Waals surface area (Å²) in [6.45, 7) is -0.0274. The van der Waals surface area contributed by atoms with Crippen LogP contribution >= 0.6 is 11.6 Å². The number of hydrogen-bond donors (Lipinski definition) is 2. The van der Waals surface area contributed by atoms with Gasteiger partial charge < -0.3 is 10.1 Å². The zero-order valence-electron chi connectivity index (χ0n) is 13.2. The van der Waals surface area contributed by atoms with Gasteiger partial charge in [0.1, 0.15) is 5.75 Å². The van der Waals surface area contributed by atoms with Crippen LogP contribution in [0.5, 0.6) is 5.75 Å². The van der Waals surface area contributed by atoms with Crippen LogP contribution in [0.2, 0.25) is 5.02 Å². The third-order valence-corrected chi connectivity index (χ3v) is 3.47. The minimum atomic E-state index is -0.538. The standard InChI is InChI=1S/C16H15ClN4O4/c1-25-15-5-3-2-4-14(15)18-10-16(22)20-19-9-11-8-12(21(23)24)6-7-13(11)17/h2-9,18H,10H2,1H3,(H,20,22). The van der Waals surface area contributed by atoms with Gasteiger partial charge >= 0.3 is 0 Å². The van der Waals surface area contributed by atoms with Crippen molar-refractivity contribution in [2.45, 2.75) is 0 Å². The molecule has 9 heteroatoms. The molecule has 0 radical (unpaired) electrons. The summed E-state index contributed by atoms with van der Waals surface area (Å²) < 4.78 is 5.17. The molecular formula is C16H15ClN4O4. The minimum absolute atomic E-state index is 0.0274. The number of halogens is 1. The first-order valence-electron chi connectivity index (χ1n) is 7.14. The molecular weight excluding hydrogens is 348 g/mol. The van der Waals surface area contributed by atoms with Crippen molar-refractivity contribution in [2.75, 3.05) is 19.0 Å². The number of carbonyl (C=O) groups excluding carboxylic acids is 1. The molecule has 0 aliphatic carbocycles. The number of hydrazone groups is 1. The summed E-state index contributed by atoms with van der Waals surface area (Å²) >= 11 is 5.94. The van der Waals surface area contributed by atoms with Gasteiger partial charge in [-0.1, -0.05) is 23.7 Å². The van der Waals surface area contributed by atoms with Crippen LogP contribution in [-0.2, 0) is 4.79 Å². The Morgan fingerprint density at radius 1 is 1.36 bits per heavy atom. The van der Waals surface area contributed by atoms with Gasteiger partial charge in [-0.2, -0.15) is 5.10 Å². The molecule has 0 aliphatic rings. The first kappa shape index (κ1) is 18.2. The van der Waals surface area contributed by atoms with E-state index in [2.05, 4.69) is 15.8 Å². The molecule has 0 spiro atoms. The highest BCUT2D eigenvalue weighted by molar-refractivity contribution is 6.33. The summed E-state index contributed by atoms with van der Waals surface area (Å²) in [6, 6.07) is 11.1. The fourth-order valence-corrected chi connectivity index (χ4v) is 2.09. The highest BCUT2D eigenvalue weighted by Crippen LogP contribution is 2.22. The lowest BCUT2D eigenvalue weighted by Gasteiger charge is -2.09. The van der Waals surface area contributed by atoms with Crippen LogP contribution in [0.1, 0.15) is 5.56 Å². The van der Waals surface area contributed by atoms with Gasteiger partial charge in [0.25, 0.3) is 11.6 Å². The smallest absolute Gasteiger partial charge is 0.270 e. The van der Waals surface area contributed by atoms with E-state index in [4.69, 9.17) is 16.3 Å². The number of nitrogens with one attached hydrogen (secondary N) is 2. The average Bonchev–Trinajstić information content (AvgIpc) is 2.61. The molecule has 130 valence electrons. The van der Waals surface area contributed by atoms with Gasteiger partial charge in [0, 0.05) is 22.7 Å². The normalized spacial score (nSPS) is 10.5. The number of amides is 1. The second kappa shape index (κ2) is 8.65. The number of nitro benzene ring substituents is 1. The molecule has 0 bridgehead atoms. The van der Waals surface area contributed by atoms with Crippen LogP contribution in [0.3, 0.4) is 0 Å². The predicted molar refractivity (Wildman–Crippen MR) is 95.3 cm³/mol. The van der Waals surface area contributed by atoms with Crippen molar-refractivity contribution in [2.24, 2.45) is 5.10 Å². The molecule has 25 heavy (non-hydrogen) atoms. The van der Waals surface area contributed by atoms with Gasteiger partial charge in [-0.15, -0.1) is 0 Å². The number of carbonyl (C=O) groups is 1. The Labute approximate surface area is 148 Å². The Hall–Kier alpha value is -3.13. The summed E-state index contributed by atoms with van der Waals surface area (Å²) in [6.07, 6.45) is 1.25. The van der Waals surface area contributed by atoms with E-state index in [-0.39, 0.29) is 17.3 Å². The fraction of sp³-hybridized carbons (Fsp3) is 0.125. The third-order valence-electron chi connectivity index (χ3n) is 3.13. The highest BCUT2D eigenvalue weighted by Gasteiger charge is 2.08.